The Bertz CT molecular complexity index is 1440. The van der Waals surface area contributed by atoms with Gasteiger partial charge in [-0.1, -0.05) is 80.1 Å². The van der Waals surface area contributed by atoms with Gasteiger partial charge in [0.15, 0.2) is 4.80 Å². The zero-order valence-corrected chi connectivity index (χ0v) is 21.5. The predicted octanol–water partition coefficient (Wildman–Crippen LogP) is 4.75. The molecule has 5 nitrogen and oxygen atoms in total. The van der Waals surface area contributed by atoms with Crippen molar-refractivity contribution in [2.45, 2.75) is 46.1 Å². The first-order chi connectivity index (χ1) is 16.1. The Morgan fingerprint density at radius 3 is 2.38 bits per heavy atom. The van der Waals surface area contributed by atoms with E-state index >= 15 is 0 Å². The summed E-state index contributed by atoms with van der Waals surface area (Å²) in [5, 5.41) is 0.577. The summed E-state index contributed by atoms with van der Waals surface area (Å²) in [5.74, 6) is -0.476. The first kappa shape index (κ1) is 24.2. The highest BCUT2D eigenvalue weighted by Crippen LogP contribution is 2.31. The standard InChI is InChI=1S/C27H27ClN2O3S/c1-6-33-25(32)22-16(2)29-26-30(23(22)18-9-13-20(28)14-10-18)24(31)21(34-26)15-17-7-11-19(12-8-17)27(3,4)5/h7-15,23H,6H2,1-5H3/b21-15+/t23-/m1/s1. The van der Waals surface area contributed by atoms with Crippen LogP contribution in [0.5, 0.6) is 0 Å². The first-order valence-electron chi connectivity index (χ1n) is 11.2. The molecular weight excluding hydrogens is 468 g/mol. The molecule has 176 valence electrons. The fourth-order valence-electron chi connectivity index (χ4n) is 3.98. The predicted molar refractivity (Wildman–Crippen MR) is 137 cm³/mol. The van der Waals surface area contributed by atoms with Crippen molar-refractivity contribution < 1.29 is 9.53 Å². The van der Waals surface area contributed by atoms with Crippen molar-refractivity contribution in [2.75, 3.05) is 6.61 Å². The van der Waals surface area contributed by atoms with E-state index in [0.717, 1.165) is 11.1 Å². The number of aromatic nitrogens is 1. The Hall–Kier alpha value is -2.96. The maximum absolute atomic E-state index is 13.6. The molecule has 1 atom stereocenters. The number of benzene rings is 2. The third-order valence-corrected chi connectivity index (χ3v) is 7.01. The molecule has 0 unspecified atom stereocenters. The monoisotopic (exact) mass is 494 g/mol. The molecule has 2 heterocycles. The van der Waals surface area contributed by atoms with Gasteiger partial charge in [-0.3, -0.25) is 9.36 Å². The van der Waals surface area contributed by atoms with Crippen LogP contribution in [0.15, 0.2) is 69.6 Å². The van der Waals surface area contributed by atoms with Crippen LogP contribution in [0.3, 0.4) is 0 Å². The highest BCUT2D eigenvalue weighted by molar-refractivity contribution is 7.07. The molecule has 0 aliphatic carbocycles. The lowest BCUT2D eigenvalue weighted by atomic mass is 9.87. The topological polar surface area (TPSA) is 60.7 Å². The number of hydrogen-bond acceptors (Lipinski definition) is 5. The minimum atomic E-state index is -0.641. The second kappa shape index (κ2) is 9.35. The van der Waals surface area contributed by atoms with Gasteiger partial charge in [0.1, 0.15) is 0 Å². The third kappa shape index (κ3) is 4.65. The van der Waals surface area contributed by atoms with Crippen molar-refractivity contribution in [2.24, 2.45) is 4.99 Å². The fourth-order valence-corrected chi connectivity index (χ4v) is 5.16. The highest BCUT2D eigenvalue weighted by atomic mass is 35.5. The van der Waals surface area contributed by atoms with E-state index in [0.29, 0.717) is 25.6 Å². The number of fused-ring (bicyclic) bond motifs is 1. The van der Waals surface area contributed by atoms with Crippen LogP contribution in [0.4, 0.5) is 0 Å². The zero-order chi connectivity index (χ0) is 24.6. The number of halogens is 1. The molecule has 0 amide bonds. The van der Waals surface area contributed by atoms with E-state index in [-0.39, 0.29) is 17.6 Å². The molecule has 1 aliphatic rings. The molecule has 0 bridgehead atoms. The summed E-state index contributed by atoms with van der Waals surface area (Å²) in [5.41, 5.74) is 3.68. The summed E-state index contributed by atoms with van der Waals surface area (Å²) < 4.78 is 7.46. The Kier molecular flexibility index (Phi) is 6.65. The number of esters is 1. The van der Waals surface area contributed by atoms with E-state index in [1.807, 2.05) is 30.3 Å². The largest absolute Gasteiger partial charge is 0.463 e. The van der Waals surface area contributed by atoms with Crippen LogP contribution in [0, 0.1) is 0 Å². The summed E-state index contributed by atoms with van der Waals surface area (Å²) in [7, 11) is 0. The van der Waals surface area contributed by atoms with Gasteiger partial charge in [-0.2, -0.15) is 0 Å². The quantitative estimate of drug-likeness (QED) is 0.492. The number of hydrogen-bond donors (Lipinski definition) is 0. The minimum Gasteiger partial charge on any atom is -0.463 e. The summed E-state index contributed by atoms with van der Waals surface area (Å²) in [6, 6.07) is 14.7. The van der Waals surface area contributed by atoms with Crippen LogP contribution in [0.2, 0.25) is 5.02 Å². The zero-order valence-electron chi connectivity index (χ0n) is 19.9. The van der Waals surface area contributed by atoms with E-state index in [1.165, 1.54) is 16.9 Å². The number of thiazole rings is 1. The fraction of sp³-hybridized carbons (Fsp3) is 0.296. The third-order valence-electron chi connectivity index (χ3n) is 5.78. The van der Waals surface area contributed by atoms with E-state index in [2.05, 4.69) is 37.9 Å². The van der Waals surface area contributed by atoms with Gasteiger partial charge in [-0.15, -0.1) is 0 Å². The van der Waals surface area contributed by atoms with Gasteiger partial charge < -0.3 is 4.74 Å². The SMILES string of the molecule is CCOC(=O)C1=C(C)N=c2s/c(=C/c3ccc(C(C)(C)C)cc3)c(=O)n2[C@@H]1c1ccc(Cl)cc1. The molecule has 7 heteroatoms. The Balaban J connectivity index is 1.88. The van der Waals surface area contributed by atoms with E-state index < -0.39 is 12.0 Å². The summed E-state index contributed by atoms with van der Waals surface area (Å²) in [4.78, 5) is 31.7. The molecule has 3 aromatic rings. The van der Waals surface area contributed by atoms with Crippen molar-refractivity contribution in [3.63, 3.8) is 0 Å². The van der Waals surface area contributed by atoms with Crippen molar-refractivity contribution in [3.05, 3.63) is 101 Å². The summed E-state index contributed by atoms with van der Waals surface area (Å²) in [6.45, 7) is 10.3. The molecular formula is C27H27ClN2O3S. The van der Waals surface area contributed by atoms with Gasteiger partial charge in [0.25, 0.3) is 5.56 Å². The average molecular weight is 495 g/mol. The number of rotatable bonds is 4. The maximum atomic E-state index is 13.6. The lowest BCUT2D eigenvalue weighted by Crippen LogP contribution is -2.39. The molecule has 0 saturated carbocycles. The van der Waals surface area contributed by atoms with Crippen LogP contribution >= 0.6 is 22.9 Å². The van der Waals surface area contributed by atoms with Gasteiger partial charge >= 0.3 is 5.97 Å². The molecule has 1 aliphatic heterocycles. The highest BCUT2D eigenvalue weighted by Gasteiger charge is 2.33. The normalized spacial score (nSPS) is 16.3. The molecule has 0 fully saturated rings. The van der Waals surface area contributed by atoms with E-state index in [9.17, 15) is 9.59 Å². The summed E-state index contributed by atoms with van der Waals surface area (Å²) >= 11 is 7.41. The van der Waals surface area contributed by atoms with Gasteiger partial charge in [0, 0.05) is 5.02 Å². The minimum absolute atomic E-state index is 0.0531. The van der Waals surface area contributed by atoms with Crippen molar-refractivity contribution in [3.8, 4) is 0 Å². The number of carbonyl (C=O) groups is 1. The number of nitrogens with zero attached hydrogens (tertiary/aromatic N) is 2. The number of ether oxygens (including phenoxy) is 1. The molecule has 0 N–H and O–H groups in total. The number of carbonyl (C=O) groups excluding carboxylic acids is 1. The van der Waals surface area contributed by atoms with Crippen LogP contribution in [0.1, 0.15) is 57.4 Å². The Morgan fingerprint density at radius 2 is 1.79 bits per heavy atom. The summed E-state index contributed by atoms with van der Waals surface area (Å²) in [6.07, 6.45) is 1.87. The molecule has 1 aromatic heterocycles. The van der Waals surface area contributed by atoms with Gasteiger partial charge in [-0.25, -0.2) is 9.79 Å². The van der Waals surface area contributed by atoms with Crippen molar-refractivity contribution >= 4 is 35.0 Å². The molecule has 0 radical (unpaired) electrons. The number of allylic oxidation sites excluding steroid dienone is 1. The second-order valence-corrected chi connectivity index (χ2v) is 10.7. The smallest absolute Gasteiger partial charge is 0.338 e. The molecule has 4 rings (SSSR count). The Labute approximate surface area is 207 Å². The van der Waals surface area contributed by atoms with Gasteiger partial charge in [-0.05, 0) is 54.2 Å². The first-order valence-corrected chi connectivity index (χ1v) is 12.3. The Morgan fingerprint density at radius 1 is 1.15 bits per heavy atom. The maximum Gasteiger partial charge on any atom is 0.338 e. The molecule has 2 aromatic carbocycles. The van der Waals surface area contributed by atoms with Crippen molar-refractivity contribution in [1.82, 2.24) is 4.57 Å². The van der Waals surface area contributed by atoms with Gasteiger partial charge in [0.05, 0.1) is 28.5 Å². The van der Waals surface area contributed by atoms with Gasteiger partial charge in [0.2, 0.25) is 0 Å². The second-order valence-electron chi connectivity index (χ2n) is 9.23. The molecule has 0 saturated heterocycles. The van der Waals surface area contributed by atoms with Crippen LogP contribution in [0.25, 0.3) is 6.08 Å². The van der Waals surface area contributed by atoms with Crippen LogP contribution in [-0.2, 0) is 14.9 Å². The molecule has 0 spiro atoms. The van der Waals surface area contributed by atoms with Crippen molar-refractivity contribution in [1.29, 1.82) is 0 Å². The van der Waals surface area contributed by atoms with E-state index in [4.69, 9.17) is 16.3 Å². The lowest BCUT2D eigenvalue weighted by Gasteiger charge is -2.24. The average Bonchev–Trinajstić information content (AvgIpc) is 3.08. The van der Waals surface area contributed by atoms with E-state index in [1.54, 1.807) is 30.5 Å². The van der Waals surface area contributed by atoms with Crippen LogP contribution < -0.4 is 14.9 Å². The molecule has 34 heavy (non-hydrogen) atoms. The van der Waals surface area contributed by atoms with Crippen LogP contribution in [-0.4, -0.2) is 17.1 Å². The lowest BCUT2D eigenvalue weighted by molar-refractivity contribution is -0.139.